The molecular weight excluding hydrogens is 264 g/mol. The SMILES string of the molecule is C=CCCCC(C)(O[SiH2]C)C(C)(C)[Si](C)(C)C.CC. The van der Waals surface area contributed by atoms with Gasteiger partial charge in [0.1, 0.15) is 0 Å². The van der Waals surface area contributed by atoms with Gasteiger partial charge in [-0.05, 0) is 31.2 Å². The van der Waals surface area contributed by atoms with E-state index in [2.05, 4.69) is 53.5 Å². The van der Waals surface area contributed by atoms with Crippen LogP contribution in [-0.2, 0) is 4.43 Å². The van der Waals surface area contributed by atoms with Crippen molar-refractivity contribution in [2.75, 3.05) is 0 Å². The van der Waals surface area contributed by atoms with E-state index in [0.717, 1.165) is 12.8 Å². The first kappa shape index (κ1) is 21.4. The van der Waals surface area contributed by atoms with Gasteiger partial charge in [-0.25, -0.2) is 0 Å². The Kier molecular flexibility index (Phi) is 10.3. The van der Waals surface area contributed by atoms with Gasteiger partial charge < -0.3 is 4.43 Å². The average molecular weight is 303 g/mol. The summed E-state index contributed by atoms with van der Waals surface area (Å²) in [5.74, 6) is 0. The molecule has 3 heteroatoms. The molecule has 0 aliphatic rings. The van der Waals surface area contributed by atoms with Crippen LogP contribution in [-0.4, -0.2) is 23.4 Å². The number of hydrogen-bond acceptors (Lipinski definition) is 1. The van der Waals surface area contributed by atoms with Gasteiger partial charge in [0.25, 0.3) is 0 Å². The van der Waals surface area contributed by atoms with Crippen LogP contribution in [0.15, 0.2) is 12.7 Å². The van der Waals surface area contributed by atoms with E-state index in [1.807, 2.05) is 19.9 Å². The molecule has 0 bridgehead atoms. The maximum absolute atomic E-state index is 6.31. The van der Waals surface area contributed by atoms with Gasteiger partial charge in [0, 0.05) is 0 Å². The topological polar surface area (TPSA) is 9.23 Å². The molecule has 0 aromatic carbocycles. The molecule has 0 saturated heterocycles. The van der Waals surface area contributed by atoms with Gasteiger partial charge in [0.2, 0.25) is 0 Å². The van der Waals surface area contributed by atoms with Gasteiger partial charge in [-0.1, -0.05) is 60.0 Å². The number of unbranched alkanes of at least 4 members (excludes halogenated alkanes) is 1. The molecule has 1 unspecified atom stereocenters. The lowest BCUT2D eigenvalue weighted by Crippen LogP contribution is -2.52. The fourth-order valence-corrected chi connectivity index (χ4v) is 5.33. The van der Waals surface area contributed by atoms with E-state index in [9.17, 15) is 0 Å². The van der Waals surface area contributed by atoms with Crippen molar-refractivity contribution >= 4 is 17.8 Å². The number of rotatable bonds is 8. The number of allylic oxidation sites excluding steroid dienone is 1. The van der Waals surface area contributed by atoms with Crippen LogP contribution in [0.3, 0.4) is 0 Å². The normalized spacial score (nSPS) is 15.8. The third-order valence-electron chi connectivity index (χ3n) is 4.72. The van der Waals surface area contributed by atoms with Crippen molar-refractivity contribution in [3.63, 3.8) is 0 Å². The van der Waals surface area contributed by atoms with Crippen LogP contribution in [0, 0.1) is 0 Å². The Hall–Kier alpha value is 0.134. The van der Waals surface area contributed by atoms with Crippen LogP contribution < -0.4 is 0 Å². The Morgan fingerprint density at radius 3 is 1.95 bits per heavy atom. The molecule has 0 N–H and O–H groups in total. The summed E-state index contributed by atoms with van der Waals surface area (Å²) in [6.45, 7) is 24.6. The van der Waals surface area contributed by atoms with Crippen LogP contribution >= 0.6 is 0 Å². The lowest BCUT2D eigenvalue weighted by molar-refractivity contribution is 0.0394. The van der Waals surface area contributed by atoms with E-state index >= 15 is 0 Å². The van der Waals surface area contributed by atoms with Crippen molar-refractivity contribution < 1.29 is 4.43 Å². The molecule has 0 heterocycles. The summed E-state index contributed by atoms with van der Waals surface area (Å²) in [6, 6.07) is 0. The summed E-state index contributed by atoms with van der Waals surface area (Å²) in [6.07, 6.45) is 5.48. The molecule has 0 radical (unpaired) electrons. The van der Waals surface area contributed by atoms with Crippen LogP contribution in [0.2, 0.25) is 31.2 Å². The zero-order valence-electron chi connectivity index (χ0n) is 15.0. The molecule has 19 heavy (non-hydrogen) atoms. The van der Waals surface area contributed by atoms with Gasteiger partial charge in [0.15, 0.2) is 9.76 Å². The predicted molar refractivity (Wildman–Crippen MR) is 96.7 cm³/mol. The van der Waals surface area contributed by atoms with Crippen molar-refractivity contribution in [2.45, 2.75) is 90.7 Å². The van der Waals surface area contributed by atoms with Gasteiger partial charge in [-0.15, -0.1) is 6.58 Å². The summed E-state index contributed by atoms with van der Waals surface area (Å²) in [5.41, 5.74) is 0.0570. The highest BCUT2D eigenvalue weighted by molar-refractivity contribution is 6.79. The Labute approximate surface area is 126 Å². The minimum absolute atomic E-state index is 0.0570. The third kappa shape index (κ3) is 5.96. The number of hydrogen-bond donors (Lipinski definition) is 0. The highest BCUT2D eigenvalue weighted by Gasteiger charge is 2.49. The highest BCUT2D eigenvalue weighted by atomic mass is 28.3. The fraction of sp³-hybridized carbons (Fsp3) is 0.875. The second-order valence-electron chi connectivity index (χ2n) is 6.72. The Balaban J connectivity index is 0. The highest BCUT2D eigenvalue weighted by Crippen LogP contribution is 2.51. The lowest BCUT2D eigenvalue weighted by Gasteiger charge is -2.51. The van der Waals surface area contributed by atoms with Crippen molar-refractivity contribution in [1.82, 2.24) is 0 Å². The van der Waals surface area contributed by atoms with Crippen LogP contribution in [0.1, 0.15) is 53.9 Å². The molecule has 116 valence electrons. The second-order valence-corrected chi connectivity index (χ2v) is 13.3. The van der Waals surface area contributed by atoms with E-state index in [4.69, 9.17) is 4.43 Å². The van der Waals surface area contributed by atoms with Gasteiger partial charge in [-0.2, -0.15) is 0 Å². The molecule has 0 aromatic heterocycles. The monoisotopic (exact) mass is 302 g/mol. The first-order valence-corrected chi connectivity index (χ1v) is 13.4. The largest absolute Gasteiger partial charge is 0.419 e. The zero-order valence-corrected chi connectivity index (χ0v) is 17.4. The molecule has 0 aliphatic heterocycles. The summed E-state index contributed by atoms with van der Waals surface area (Å²) < 4.78 is 6.31. The lowest BCUT2D eigenvalue weighted by atomic mass is 9.86. The van der Waals surface area contributed by atoms with E-state index in [-0.39, 0.29) is 15.4 Å². The van der Waals surface area contributed by atoms with Crippen LogP contribution in [0.25, 0.3) is 0 Å². The summed E-state index contributed by atoms with van der Waals surface area (Å²) in [5, 5.41) is 0.310. The molecule has 0 amide bonds. The van der Waals surface area contributed by atoms with E-state index in [0.29, 0.717) is 5.04 Å². The first-order valence-electron chi connectivity index (χ1n) is 7.87. The van der Waals surface area contributed by atoms with Crippen LogP contribution in [0.5, 0.6) is 0 Å². The summed E-state index contributed by atoms with van der Waals surface area (Å²) >= 11 is 0. The van der Waals surface area contributed by atoms with Crippen molar-refractivity contribution in [2.24, 2.45) is 0 Å². The zero-order chi connectivity index (χ0) is 15.7. The second kappa shape index (κ2) is 9.14. The molecular formula is C16H38OSi2. The van der Waals surface area contributed by atoms with E-state index in [1.54, 1.807) is 0 Å². The van der Waals surface area contributed by atoms with Crippen molar-refractivity contribution in [3.05, 3.63) is 12.7 Å². The minimum atomic E-state index is -1.25. The molecule has 0 saturated carbocycles. The van der Waals surface area contributed by atoms with Gasteiger partial charge in [0.05, 0.1) is 13.7 Å². The van der Waals surface area contributed by atoms with Crippen LogP contribution in [0.4, 0.5) is 0 Å². The van der Waals surface area contributed by atoms with E-state index < -0.39 is 8.07 Å². The molecule has 0 aromatic rings. The maximum atomic E-state index is 6.31. The maximum Gasteiger partial charge on any atom is 0.159 e. The summed E-state index contributed by atoms with van der Waals surface area (Å²) in [4.78, 5) is 0. The van der Waals surface area contributed by atoms with Crippen molar-refractivity contribution in [1.29, 1.82) is 0 Å². The molecule has 1 atom stereocenters. The third-order valence-corrected chi connectivity index (χ3v) is 9.93. The standard InChI is InChI=1S/C14H32OSi2.C2H6/c1-9-10-11-12-14(4,15-16-5)13(2,3)17(6,7)8;1-2/h9H,1,10-12,16H2,2-8H3;1-2H3. The Bertz CT molecular complexity index is 244. The van der Waals surface area contributed by atoms with Crippen molar-refractivity contribution in [3.8, 4) is 0 Å². The minimum Gasteiger partial charge on any atom is -0.419 e. The van der Waals surface area contributed by atoms with Gasteiger partial charge in [-0.3, -0.25) is 0 Å². The molecule has 0 rings (SSSR count). The quantitative estimate of drug-likeness (QED) is 0.331. The molecule has 0 aliphatic carbocycles. The molecule has 0 spiro atoms. The van der Waals surface area contributed by atoms with Gasteiger partial charge >= 0.3 is 0 Å². The Morgan fingerprint density at radius 1 is 1.16 bits per heavy atom. The molecule has 1 nitrogen and oxygen atoms in total. The summed E-state index contributed by atoms with van der Waals surface area (Å²) in [7, 11) is -1.61. The molecule has 0 fully saturated rings. The first-order chi connectivity index (χ1) is 8.62. The smallest absolute Gasteiger partial charge is 0.159 e. The Morgan fingerprint density at radius 2 is 1.63 bits per heavy atom. The fourth-order valence-electron chi connectivity index (χ4n) is 2.26. The van der Waals surface area contributed by atoms with E-state index in [1.165, 1.54) is 6.42 Å². The predicted octanol–water partition coefficient (Wildman–Crippen LogP) is 5.39. The average Bonchev–Trinajstić information content (AvgIpc) is 2.30.